The molecule has 7 nitrogen and oxygen atoms in total. The first-order valence-electron chi connectivity index (χ1n) is 9.49. The van der Waals surface area contributed by atoms with Gasteiger partial charge in [-0.2, -0.15) is 5.26 Å². The number of hydrogen-bond donors (Lipinski definition) is 1. The molecular weight excluding hydrogens is 416 g/mol. The molecule has 2 N–H and O–H groups in total. The van der Waals surface area contributed by atoms with Crippen molar-refractivity contribution in [2.24, 2.45) is 5.73 Å². The van der Waals surface area contributed by atoms with Gasteiger partial charge in [0.2, 0.25) is 5.95 Å². The molecular formula is C20H18F4N6O. The van der Waals surface area contributed by atoms with Gasteiger partial charge in [0.15, 0.2) is 0 Å². The standard InChI is InChI=1S/C20H18F4N6O/c21-15-5-6-29(11-16(15)26)19-28-17-4-3-14(31-20(22,23)24)7-18(17)30(19)10-13-2-1-12(8-25)9-27-13/h1-4,7,9,15-16H,5-6,10-11,26H2/t15-,16-/m1/s1. The summed E-state index contributed by atoms with van der Waals surface area (Å²) in [6.45, 7) is 0.764. The smallest absolute Gasteiger partial charge is 0.406 e. The number of anilines is 1. The number of piperidine rings is 1. The number of nitrogens with zero attached hydrogens (tertiary/aromatic N) is 5. The minimum absolute atomic E-state index is 0.178. The van der Waals surface area contributed by atoms with Crippen LogP contribution in [0.15, 0.2) is 36.5 Å². The van der Waals surface area contributed by atoms with Gasteiger partial charge >= 0.3 is 6.36 Å². The first-order chi connectivity index (χ1) is 14.7. The first-order valence-corrected chi connectivity index (χ1v) is 9.49. The third-order valence-corrected chi connectivity index (χ3v) is 5.06. The molecule has 11 heteroatoms. The lowest BCUT2D eigenvalue weighted by Crippen LogP contribution is -2.50. The fraction of sp³-hybridized carbons (Fsp3) is 0.350. The number of nitriles is 1. The molecule has 2 aromatic heterocycles. The highest BCUT2D eigenvalue weighted by molar-refractivity contribution is 5.80. The topological polar surface area (TPSA) is 93.0 Å². The highest BCUT2D eigenvalue weighted by Crippen LogP contribution is 2.31. The maximum absolute atomic E-state index is 13.9. The van der Waals surface area contributed by atoms with Crippen LogP contribution in [0.2, 0.25) is 0 Å². The summed E-state index contributed by atoms with van der Waals surface area (Å²) in [6.07, 6.45) is -4.31. The van der Waals surface area contributed by atoms with Crippen molar-refractivity contribution in [2.45, 2.75) is 31.5 Å². The average Bonchev–Trinajstić information content (AvgIpc) is 3.07. The number of imidazole rings is 1. The number of benzene rings is 1. The van der Waals surface area contributed by atoms with Crippen LogP contribution in [0.25, 0.3) is 11.0 Å². The molecule has 31 heavy (non-hydrogen) atoms. The Labute approximate surface area is 174 Å². The Balaban J connectivity index is 1.77. The summed E-state index contributed by atoms with van der Waals surface area (Å²) in [5.74, 6) is 0.0762. The van der Waals surface area contributed by atoms with Crippen LogP contribution in [0.5, 0.6) is 5.75 Å². The van der Waals surface area contributed by atoms with E-state index < -0.39 is 18.6 Å². The van der Waals surface area contributed by atoms with Gasteiger partial charge in [0.25, 0.3) is 0 Å². The Morgan fingerprint density at radius 3 is 2.71 bits per heavy atom. The summed E-state index contributed by atoms with van der Waals surface area (Å²) in [6, 6.07) is 8.42. The number of nitrogens with two attached hydrogens (primary N) is 1. The molecule has 0 radical (unpaired) electrons. The first kappa shape index (κ1) is 20.9. The number of rotatable bonds is 4. The number of ether oxygens (including phenoxy) is 1. The van der Waals surface area contributed by atoms with Crippen LogP contribution in [0.1, 0.15) is 17.7 Å². The molecule has 1 fully saturated rings. The zero-order chi connectivity index (χ0) is 22.2. The number of halogens is 4. The second-order valence-corrected chi connectivity index (χ2v) is 7.26. The zero-order valence-electron chi connectivity index (χ0n) is 16.2. The summed E-state index contributed by atoms with van der Waals surface area (Å²) in [4.78, 5) is 10.6. The van der Waals surface area contributed by atoms with Crippen LogP contribution < -0.4 is 15.4 Å². The lowest BCUT2D eigenvalue weighted by molar-refractivity contribution is -0.274. The van der Waals surface area contributed by atoms with E-state index in [9.17, 15) is 17.6 Å². The molecule has 1 aromatic carbocycles. The predicted molar refractivity (Wildman–Crippen MR) is 104 cm³/mol. The molecule has 1 aliphatic heterocycles. The fourth-order valence-electron chi connectivity index (χ4n) is 3.57. The molecule has 162 valence electrons. The van der Waals surface area contributed by atoms with Crippen molar-refractivity contribution in [1.29, 1.82) is 5.26 Å². The Hall–Kier alpha value is -3.39. The minimum Gasteiger partial charge on any atom is -0.406 e. The maximum Gasteiger partial charge on any atom is 0.573 e. The van der Waals surface area contributed by atoms with E-state index in [1.54, 1.807) is 16.7 Å². The van der Waals surface area contributed by atoms with Crippen LogP contribution in [-0.4, -0.2) is 46.2 Å². The molecule has 1 aliphatic rings. The SMILES string of the molecule is N#Cc1ccc(Cn2c(N3CC[C@@H](F)[C@H](N)C3)nc3ccc(OC(F)(F)F)cc32)nc1. The van der Waals surface area contributed by atoms with Gasteiger partial charge in [-0.05, 0) is 30.7 Å². The third-order valence-electron chi connectivity index (χ3n) is 5.06. The molecule has 0 saturated carbocycles. The lowest BCUT2D eigenvalue weighted by atomic mass is 10.1. The van der Waals surface area contributed by atoms with Gasteiger partial charge in [-0.3, -0.25) is 4.98 Å². The van der Waals surface area contributed by atoms with E-state index in [0.717, 1.165) is 0 Å². The van der Waals surface area contributed by atoms with Crippen LogP contribution in [-0.2, 0) is 6.54 Å². The van der Waals surface area contributed by atoms with Crippen molar-refractivity contribution < 1.29 is 22.3 Å². The van der Waals surface area contributed by atoms with Gasteiger partial charge in [0, 0.05) is 25.4 Å². The molecule has 0 aliphatic carbocycles. The average molecular weight is 434 g/mol. The second-order valence-electron chi connectivity index (χ2n) is 7.26. The van der Waals surface area contributed by atoms with Crippen molar-refractivity contribution in [1.82, 2.24) is 14.5 Å². The summed E-state index contributed by atoms with van der Waals surface area (Å²) in [7, 11) is 0. The van der Waals surface area contributed by atoms with Crippen LogP contribution >= 0.6 is 0 Å². The number of fused-ring (bicyclic) bond motifs is 1. The highest BCUT2D eigenvalue weighted by atomic mass is 19.4. The summed E-state index contributed by atoms with van der Waals surface area (Å²) >= 11 is 0. The van der Waals surface area contributed by atoms with E-state index in [1.807, 2.05) is 11.0 Å². The number of hydrogen-bond acceptors (Lipinski definition) is 6. The monoisotopic (exact) mass is 434 g/mol. The largest absolute Gasteiger partial charge is 0.573 e. The number of aromatic nitrogens is 3. The lowest BCUT2D eigenvalue weighted by Gasteiger charge is -2.34. The molecule has 3 heterocycles. The van der Waals surface area contributed by atoms with E-state index in [2.05, 4.69) is 14.7 Å². The molecule has 2 atom stereocenters. The van der Waals surface area contributed by atoms with Crippen LogP contribution in [0.4, 0.5) is 23.5 Å². The van der Waals surface area contributed by atoms with Crippen LogP contribution in [0, 0.1) is 11.3 Å². The van der Waals surface area contributed by atoms with Gasteiger partial charge in [-0.15, -0.1) is 13.2 Å². The molecule has 0 unspecified atom stereocenters. The van der Waals surface area contributed by atoms with Crippen molar-refractivity contribution in [3.8, 4) is 11.8 Å². The van der Waals surface area contributed by atoms with Gasteiger partial charge in [-0.1, -0.05) is 0 Å². The Kier molecular flexibility index (Phi) is 5.41. The van der Waals surface area contributed by atoms with Crippen molar-refractivity contribution >= 4 is 17.0 Å². The molecule has 0 amide bonds. The van der Waals surface area contributed by atoms with E-state index >= 15 is 0 Å². The van der Waals surface area contributed by atoms with Gasteiger partial charge in [-0.25, -0.2) is 9.37 Å². The van der Waals surface area contributed by atoms with Gasteiger partial charge in [0.05, 0.1) is 34.9 Å². The van der Waals surface area contributed by atoms with E-state index in [0.29, 0.717) is 34.8 Å². The van der Waals surface area contributed by atoms with Crippen molar-refractivity contribution in [2.75, 3.05) is 18.0 Å². The normalized spacial score (nSPS) is 19.4. The number of alkyl halides is 4. The predicted octanol–water partition coefficient (Wildman–Crippen LogP) is 3.13. The van der Waals surface area contributed by atoms with Gasteiger partial charge in [0.1, 0.15) is 18.0 Å². The molecule has 0 spiro atoms. The van der Waals surface area contributed by atoms with Crippen molar-refractivity contribution in [3.05, 3.63) is 47.8 Å². The van der Waals surface area contributed by atoms with Crippen LogP contribution in [0.3, 0.4) is 0 Å². The third kappa shape index (κ3) is 4.54. The van der Waals surface area contributed by atoms with Crippen molar-refractivity contribution in [3.63, 3.8) is 0 Å². The van der Waals surface area contributed by atoms with E-state index in [-0.39, 0.29) is 25.3 Å². The summed E-state index contributed by atoms with van der Waals surface area (Å²) in [5, 5.41) is 8.95. The molecule has 1 saturated heterocycles. The second kappa shape index (κ2) is 8.03. The van der Waals surface area contributed by atoms with Gasteiger partial charge < -0.3 is 19.9 Å². The zero-order valence-corrected chi connectivity index (χ0v) is 16.2. The summed E-state index contributed by atoms with van der Waals surface area (Å²) < 4.78 is 57.7. The molecule has 3 aromatic rings. The molecule has 4 rings (SSSR count). The van der Waals surface area contributed by atoms with E-state index in [1.165, 1.54) is 24.4 Å². The number of pyridine rings is 1. The Bertz CT molecular complexity index is 1120. The van der Waals surface area contributed by atoms with E-state index in [4.69, 9.17) is 11.0 Å². The Morgan fingerprint density at radius 1 is 1.26 bits per heavy atom. The minimum atomic E-state index is -4.83. The fourth-order valence-corrected chi connectivity index (χ4v) is 3.57. The molecule has 0 bridgehead atoms. The summed E-state index contributed by atoms with van der Waals surface area (Å²) in [5.41, 5.74) is 7.70. The quantitative estimate of drug-likeness (QED) is 0.635. The Morgan fingerprint density at radius 2 is 2.06 bits per heavy atom. The maximum atomic E-state index is 13.9. The highest BCUT2D eigenvalue weighted by Gasteiger charge is 2.32.